The Kier molecular flexibility index (Phi) is 8.67. The fourth-order valence-corrected chi connectivity index (χ4v) is 3.76. The third-order valence-electron chi connectivity index (χ3n) is 5.72. The van der Waals surface area contributed by atoms with Crippen LogP contribution in [-0.2, 0) is 17.6 Å². The zero-order chi connectivity index (χ0) is 26.2. The summed E-state index contributed by atoms with van der Waals surface area (Å²) >= 11 is 0. The van der Waals surface area contributed by atoms with Crippen LogP contribution < -0.4 is 18.9 Å². The van der Waals surface area contributed by atoms with Gasteiger partial charge < -0.3 is 23.7 Å². The number of rotatable bonds is 11. The summed E-state index contributed by atoms with van der Waals surface area (Å²) in [5.74, 6) is 0.153. The third kappa shape index (κ3) is 5.83. The molecule has 0 aliphatic rings. The van der Waals surface area contributed by atoms with Crippen molar-refractivity contribution in [2.24, 2.45) is 0 Å². The average Bonchev–Trinajstić information content (AvgIpc) is 2.93. The van der Waals surface area contributed by atoms with E-state index in [-0.39, 0.29) is 16.7 Å². The fraction of sp³-hybridized carbons (Fsp3) is 0.250. The van der Waals surface area contributed by atoms with Crippen LogP contribution in [0.5, 0.6) is 23.0 Å². The van der Waals surface area contributed by atoms with Crippen molar-refractivity contribution in [2.45, 2.75) is 12.8 Å². The monoisotopic (exact) mass is 492 g/mol. The van der Waals surface area contributed by atoms with Crippen LogP contribution in [0.1, 0.15) is 42.2 Å². The number of aryl methyl sites for hydroxylation is 2. The molecule has 0 aliphatic carbocycles. The Labute approximate surface area is 209 Å². The highest BCUT2D eigenvalue weighted by Gasteiger charge is 2.24. The van der Waals surface area contributed by atoms with E-state index in [0.717, 1.165) is 5.56 Å². The second kappa shape index (κ2) is 11.9. The first-order chi connectivity index (χ1) is 17.3. The van der Waals surface area contributed by atoms with E-state index in [4.69, 9.17) is 18.9 Å². The summed E-state index contributed by atoms with van der Waals surface area (Å²) in [6, 6.07) is 14.5. The number of esters is 1. The van der Waals surface area contributed by atoms with Gasteiger partial charge >= 0.3 is 5.97 Å². The van der Waals surface area contributed by atoms with Gasteiger partial charge in [-0.05, 0) is 60.4 Å². The van der Waals surface area contributed by atoms with Gasteiger partial charge in [0, 0.05) is 17.2 Å². The first-order valence-electron chi connectivity index (χ1n) is 11.1. The molecule has 0 bridgehead atoms. The lowest BCUT2D eigenvalue weighted by Crippen LogP contribution is -2.17. The number of carbonyl (C=O) groups is 3. The molecule has 0 spiro atoms. The Balaban J connectivity index is 1.95. The van der Waals surface area contributed by atoms with E-state index < -0.39 is 17.5 Å². The molecular weight excluding hydrogens is 464 g/mol. The maximum absolute atomic E-state index is 13.3. The minimum Gasteiger partial charge on any atom is -0.497 e. The molecule has 0 amide bonds. The van der Waals surface area contributed by atoms with Gasteiger partial charge in [-0.25, -0.2) is 4.79 Å². The van der Waals surface area contributed by atoms with Crippen LogP contribution in [0.15, 0.2) is 54.6 Å². The molecule has 0 aromatic heterocycles. The molecule has 0 fully saturated rings. The molecule has 0 aliphatic heterocycles. The van der Waals surface area contributed by atoms with E-state index in [9.17, 15) is 14.4 Å². The molecule has 8 heteroatoms. The van der Waals surface area contributed by atoms with Crippen LogP contribution >= 0.6 is 0 Å². The van der Waals surface area contributed by atoms with E-state index in [1.165, 1.54) is 51.7 Å². The summed E-state index contributed by atoms with van der Waals surface area (Å²) in [6.07, 6.45) is 0.984. The minimum absolute atomic E-state index is 0.158. The summed E-state index contributed by atoms with van der Waals surface area (Å²) in [5, 5.41) is 0. The molecule has 188 valence electrons. The van der Waals surface area contributed by atoms with Gasteiger partial charge in [0.05, 0.1) is 41.1 Å². The SMILES string of the molecule is COC(=O)c1ccc(C(=O)C(=O)c2cc(OC)c(OC)cc2CCc2cc(OC)cc(OC)c2)cc1. The van der Waals surface area contributed by atoms with E-state index in [2.05, 4.69) is 4.74 Å². The number of carbonyl (C=O) groups excluding carboxylic acids is 3. The van der Waals surface area contributed by atoms with Crippen LogP contribution in [0.2, 0.25) is 0 Å². The number of ketones is 2. The second-order valence-electron chi connectivity index (χ2n) is 7.81. The van der Waals surface area contributed by atoms with Crippen LogP contribution in [0.25, 0.3) is 0 Å². The lowest BCUT2D eigenvalue weighted by atomic mass is 9.93. The quantitative estimate of drug-likeness (QED) is 0.221. The largest absolute Gasteiger partial charge is 0.497 e. The number of Topliss-reactive ketones (excluding diaryl/α,β-unsaturated/α-hetero) is 2. The maximum atomic E-state index is 13.3. The average molecular weight is 493 g/mol. The predicted molar refractivity (Wildman–Crippen MR) is 133 cm³/mol. The Hall–Kier alpha value is -4.33. The van der Waals surface area contributed by atoms with E-state index in [1.54, 1.807) is 26.4 Å². The van der Waals surface area contributed by atoms with Crippen molar-refractivity contribution in [3.8, 4) is 23.0 Å². The smallest absolute Gasteiger partial charge is 0.337 e. The van der Waals surface area contributed by atoms with Crippen molar-refractivity contribution >= 4 is 17.5 Å². The predicted octanol–water partition coefficient (Wildman–Crippen LogP) is 4.36. The molecule has 0 N–H and O–H groups in total. The molecule has 0 unspecified atom stereocenters. The lowest BCUT2D eigenvalue weighted by Gasteiger charge is -2.15. The Morgan fingerprint density at radius 3 is 1.69 bits per heavy atom. The normalized spacial score (nSPS) is 10.4. The van der Waals surface area contributed by atoms with Crippen molar-refractivity contribution in [1.29, 1.82) is 0 Å². The lowest BCUT2D eigenvalue weighted by molar-refractivity contribution is 0.0600. The van der Waals surface area contributed by atoms with Gasteiger partial charge in [0.25, 0.3) is 0 Å². The molecular formula is C28H28O8. The molecule has 3 aromatic carbocycles. The third-order valence-corrected chi connectivity index (χ3v) is 5.72. The highest BCUT2D eigenvalue weighted by molar-refractivity contribution is 6.49. The Morgan fingerprint density at radius 1 is 0.611 bits per heavy atom. The number of hydrogen-bond acceptors (Lipinski definition) is 8. The number of methoxy groups -OCH3 is 5. The minimum atomic E-state index is -0.706. The Bertz CT molecular complexity index is 1240. The van der Waals surface area contributed by atoms with Crippen molar-refractivity contribution in [3.63, 3.8) is 0 Å². The van der Waals surface area contributed by atoms with E-state index >= 15 is 0 Å². The molecule has 36 heavy (non-hydrogen) atoms. The zero-order valence-corrected chi connectivity index (χ0v) is 20.9. The summed E-state index contributed by atoms with van der Waals surface area (Å²) < 4.78 is 26.2. The van der Waals surface area contributed by atoms with E-state index in [0.29, 0.717) is 41.4 Å². The number of hydrogen-bond donors (Lipinski definition) is 0. The first kappa shape index (κ1) is 26.3. The van der Waals surface area contributed by atoms with Crippen LogP contribution in [-0.4, -0.2) is 53.1 Å². The topological polar surface area (TPSA) is 97.4 Å². The molecule has 8 nitrogen and oxygen atoms in total. The molecule has 0 heterocycles. The van der Waals surface area contributed by atoms with Gasteiger partial charge in [0.2, 0.25) is 11.6 Å². The number of ether oxygens (including phenoxy) is 5. The van der Waals surface area contributed by atoms with Crippen molar-refractivity contribution in [1.82, 2.24) is 0 Å². The summed E-state index contributed by atoms with van der Waals surface area (Å²) in [4.78, 5) is 38.1. The second-order valence-corrected chi connectivity index (χ2v) is 7.81. The van der Waals surface area contributed by atoms with Crippen LogP contribution in [0.4, 0.5) is 0 Å². The molecule has 3 rings (SSSR count). The molecule has 0 saturated carbocycles. The standard InChI is InChI=1S/C28H28O8/c1-32-21-12-17(13-22(15-21)33-2)6-7-20-14-24(34-3)25(35-4)16-23(20)27(30)26(29)18-8-10-19(11-9-18)28(31)36-5/h8-16H,6-7H2,1-5H3. The first-order valence-corrected chi connectivity index (χ1v) is 11.1. The molecule has 0 saturated heterocycles. The van der Waals surface area contributed by atoms with Crippen LogP contribution in [0, 0.1) is 0 Å². The molecule has 0 atom stereocenters. The number of benzene rings is 3. The maximum Gasteiger partial charge on any atom is 0.337 e. The van der Waals surface area contributed by atoms with Crippen molar-refractivity contribution in [3.05, 3.63) is 82.4 Å². The van der Waals surface area contributed by atoms with Gasteiger partial charge in [-0.15, -0.1) is 0 Å². The molecule has 0 radical (unpaired) electrons. The summed E-state index contributed by atoms with van der Waals surface area (Å²) in [5.41, 5.74) is 2.21. The summed E-state index contributed by atoms with van der Waals surface area (Å²) in [6.45, 7) is 0. The van der Waals surface area contributed by atoms with Gasteiger partial charge in [-0.3, -0.25) is 9.59 Å². The highest BCUT2D eigenvalue weighted by atomic mass is 16.5. The fourth-order valence-electron chi connectivity index (χ4n) is 3.76. The van der Waals surface area contributed by atoms with E-state index in [1.807, 2.05) is 12.1 Å². The van der Waals surface area contributed by atoms with Crippen molar-refractivity contribution in [2.75, 3.05) is 35.5 Å². The Morgan fingerprint density at radius 2 is 1.17 bits per heavy atom. The van der Waals surface area contributed by atoms with Gasteiger partial charge in [0.15, 0.2) is 11.5 Å². The highest BCUT2D eigenvalue weighted by Crippen LogP contribution is 2.32. The summed E-state index contributed by atoms with van der Waals surface area (Å²) in [7, 11) is 7.39. The molecule has 3 aromatic rings. The van der Waals surface area contributed by atoms with Gasteiger partial charge in [-0.1, -0.05) is 12.1 Å². The zero-order valence-electron chi connectivity index (χ0n) is 20.9. The van der Waals surface area contributed by atoms with Crippen molar-refractivity contribution < 1.29 is 38.1 Å². The van der Waals surface area contributed by atoms with Gasteiger partial charge in [0.1, 0.15) is 11.5 Å². The van der Waals surface area contributed by atoms with Crippen LogP contribution in [0.3, 0.4) is 0 Å². The van der Waals surface area contributed by atoms with Gasteiger partial charge in [-0.2, -0.15) is 0 Å².